The summed E-state index contributed by atoms with van der Waals surface area (Å²) >= 11 is 0. The normalized spacial score (nSPS) is 11.8. The third-order valence-corrected chi connectivity index (χ3v) is 2.56. The standard InChI is InChI=1S/C13H16FN3/c1-13(2,3)12-9-17(16-15-12)8-10-4-6-11(14)7-5-10/h4-7,9H,8H2,1-3H3. The van der Waals surface area contributed by atoms with Crippen LogP contribution in [-0.2, 0) is 12.0 Å². The van der Waals surface area contributed by atoms with Crippen LogP contribution >= 0.6 is 0 Å². The first kappa shape index (κ1) is 11.8. The maximum absolute atomic E-state index is 12.8. The van der Waals surface area contributed by atoms with Crippen LogP contribution in [0.15, 0.2) is 30.5 Å². The maximum Gasteiger partial charge on any atom is 0.123 e. The van der Waals surface area contributed by atoms with E-state index in [2.05, 4.69) is 31.1 Å². The number of benzene rings is 1. The fraction of sp³-hybridized carbons (Fsp3) is 0.385. The zero-order chi connectivity index (χ0) is 12.5. The van der Waals surface area contributed by atoms with Crippen molar-refractivity contribution >= 4 is 0 Å². The third-order valence-electron chi connectivity index (χ3n) is 2.56. The second-order valence-corrected chi connectivity index (χ2v) is 5.18. The lowest BCUT2D eigenvalue weighted by Gasteiger charge is -2.12. The lowest BCUT2D eigenvalue weighted by Crippen LogP contribution is -2.11. The van der Waals surface area contributed by atoms with Crippen molar-refractivity contribution in [2.75, 3.05) is 0 Å². The van der Waals surface area contributed by atoms with Crippen LogP contribution in [0.25, 0.3) is 0 Å². The molecule has 1 aromatic heterocycles. The van der Waals surface area contributed by atoms with E-state index in [0.29, 0.717) is 6.54 Å². The Labute approximate surface area is 100 Å². The first-order valence-electron chi connectivity index (χ1n) is 5.60. The van der Waals surface area contributed by atoms with E-state index in [1.807, 2.05) is 6.20 Å². The number of hydrogen-bond donors (Lipinski definition) is 0. The summed E-state index contributed by atoms with van der Waals surface area (Å²) in [6.45, 7) is 6.90. The SMILES string of the molecule is CC(C)(C)c1cn(Cc2ccc(F)cc2)nn1. The molecule has 0 radical (unpaired) electrons. The van der Waals surface area contributed by atoms with Gasteiger partial charge < -0.3 is 0 Å². The molecule has 0 aliphatic heterocycles. The Morgan fingerprint density at radius 2 is 1.82 bits per heavy atom. The molecule has 0 aliphatic carbocycles. The van der Waals surface area contributed by atoms with Crippen LogP contribution in [-0.4, -0.2) is 15.0 Å². The number of nitrogens with zero attached hydrogens (tertiary/aromatic N) is 3. The van der Waals surface area contributed by atoms with Gasteiger partial charge in [0.05, 0.1) is 12.2 Å². The summed E-state index contributed by atoms with van der Waals surface area (Å²) in [6, 6.07) is 6.43. The predicted octanol–water partition coefficient (Wildman–Crippen LogP) is 2.76. The van der Waals surface area contributed by atoms with Crippen molar-refractivity contribution in [2.24, 2.45) is 0 Å². The highest BCUT2D eigenvalue weighted by molar-refractivity contribution is 5.16. The fourth-order valence-corrected chi connectivity index (χ4v) is 1.50. The molecule has 0 spiro atoms. The van der Waals surface area contributed by atoms with Crippen molar-refractivity contribution < 1.29 is 4.39 Å². The zero-order valence-electron chi connectivity index (χ0n) is 10.3. The lowest BCUT2D eigenvalue weighted by molar-refractivity contribution is 0.566. The van der Waals surface area contributed by atoms with Crippen LogP contribution in [0.5, 0.6) is 0 Å². The van der Waals surface area contributed by atoms with E-state index in [9.17, 15) is 4.39 Å². The molecule has 4 heteroatoms. The van der Waals surface area contributed by atoms with E-state index in [0.717, 1.165) is 11.3 Å². The van der Waals surface area contributed by atoms with Crippen LogP contribution in [0.2, 0.25) is 0 Å². The molecule has 3 nitrogen and oxygen atoms in total. The summed E-state index contributed by atoms with van der Waals surface area (Å²) in [5, 5.41) is 8.21. The summed E-state index contributed by atoms with van der Waals surface area (Å²) in [4.78, 5) is 0. The molecule has 0 saturated carbocycles. The van der Waals surface area contributed by atoms with Gasteiger partial charge in [0, 0.05) is 11.6 Å². The average molecular weight is 233 g/mol. The van der Waals surface area contributed by atoms with E-state index in [1.165, 1.54) is 12.1 Å². The van der Waals surface area contributed by atoms with Crippen molar-refractivity contribution in [2.45, 2.75) is 32.7 Å². The molecule has 0 amide bonds. The lowest BCUT2D eigenvalue weighted by atomic mass is 9.93. The molecule has 2 aromatic rings. The van der Waals surface area contributed by atoms with E-state index in [1.54, 1.807) is 16.8 Å². The van der Waals surface area contributed by atoms with Gasteiger partial charge in [0.1, 0.15) is 5.82 Å². The number of aromatic nitrogens is 3. The topological polar surface area (TPSA) is 30.7 Å². The van der Waals surface area contributed by atoms with Crippen molar-refractivity contribution in [3.05, 3.63) is 47.5 Å². The second kappa shape index (κ2) is 4.28. The minimum Gasteiger partial charge on any atom is -0.248 e. The van der Waals surface area contributed by atoms with Gasteiger partial charge in [0.25, 0.3) is 0 Å². The van der Waals surface area contributed by atoms with Gasteiger partial charge in [-0.05, 0) is 17.7 Å². The molecule has 1 heterocycles. The highest BCUT2D eigenvalue weighted by atomic mass is 19.1. The second-order valence-electron chi connectivity index (χ2n) is 5.18. The molecule has 17 heavy (non-hydrogen) atoms. The molecule has 0 saturated heterocycles. The van der Waals surface area contributed by atoms with Crippen molar-refractivity contribution in [3.8, 4) is 0 Å². The predicted molar refractivity (Wildman–Crippen MR) is 64.2 cm³/mol. The van der Waals surface area contributed by atoms with Gasteiger partial charge in [-0.2, -0.15) is 0 Å². The molecule has 2 rings (SSSR count). The Balaban J connectivity index is 2.14. The molecular formula is C13H16FN3. The highest BCUT2D eigenvalue weighted by Crippen LogP contribution is 2.18. The van der Waals surface area contributed by atoms with Crippen LogP contribution in [0.4, 0.5) is 4.39 Å². The van der Waals surface area contributed by atoms with Crippen molar-refractivity contribution in [1.29, 1.82) is 0 Å². The number of rotatable bonds is 2. The first-order chi connectivity index (χ1) is 7.95. The minimum absolute atomic E-state index is 0.00104. The fourth-order valence-electron chi connectivity index (χ4n) is 1.50. The Morgan fingerprint density at radius 1 is 1.18 bits per heavy atom. The van der Waals surface area contributed by atoms with Gasteiger partial charge in [-0.1, -0.05) is 38.1 Å². The summed E-state index contributed by atoms with van der Waals surface area (Å²) in [5.74, 6) is -0.220. The maximum atomic E-state index is 12.8. The van der Waals surface area contributed by atoms with Gasteiger partial charge in [-0.15, -0.1) is 5.10 Å². The van der Waals surface area contributed by atoms with E-state index in [-0.39, 0.29) is 11.2 Å². The number of halogens is 1. The van der Waals surface area contributed by atoms with Crippen LogP contribution < -0.4 is 0 Å². The Morgan fingerprint density at radius 3 is 2.35 bits per heavy atom. The molecule has 90 valence electrons. The third kappa shape index (κ3) is 2.90. The van der Waals surface area contributed by atoms with Gasteiger partial charge >= 0.3 is 0 Å². The monoisotopic (exact) mass is 233 g/mol. The molecule has 0 fully saturated rings. The molecule has 0 N–H and O–H groups in total. The average Bonchev–Trinajstić information content (AvgIpc) is 2.69. The molecule has 0 aliphatic rings. The Hall–Kier alpha value is -1.71. The molecular weight excluding hydrogens is 217 g/mol. The van der Waals surface area contributed by atoms with Gasteiger partial charge in [0.15, 0.2) is 0 Å². The smallest absolute Gasteiger partial charge is 0.123 e. The molecule has 0 bridgehead atoms. The van der Waals surface area contributed by atoms with Crippen molar-refractivity contribution in [1.82, 2.24) is 15.0 Å². The van der Waals surface area contributed by atoms with Crippen LogP contribution in [0, 0.1) is 5.82 Å². The highest BCUT2D eigenvalue weighted by Gasteiger charge is 2.17. The number of hydrogen-bond acceptors (Lipinski definition) is 2. The van der Waals surface area contributed by atoms with Crippen LogP contribution in [0.3, 0.4) is 0 Å². The molecule has 0 atom stereocenters. The summed E-state index contributed by atoms with van der Waals surface area (Å²) in [5.41, 5.74) is 1.97. The van der Waals surface area contributed by atoms with E-state index >= 15 is 0 Å². The van der Waals surface area contributed by atoms with Gasteiger partial charge in [0.2, 0.25) is 0 Å². The van der Waals surface area contributed by atoms with E-state index < -0.39 is 0 Å². The van der Waals surface area contributed by atoms with Gasteiger partial charge in [-0.25, -0.2) is 9.07 Å². The first-order valence-corrected chi connectivity index (χ1v) is 5.60. The zero-order valence-corrected chi connectivity index (χ0v) is 10.3. The Kier molecular flexibility index (Phi) is 2.96. The largest absolute Gasteiger partial charge is 0.248 e. The summed E-state index contributed by atoms with van der Waals surface area (Å²) in [7, 11) is 0. The molecule has 0 unspecified atom stereocenters. The Bertz CT molecular complexity index is 494. The van der Waals surface area contributed by atoms with E-state index in [4.69, 9.17) is 0 Å². The molecule has 1 aromatic carbocycles. The van der Waals surface area contributed by atoms with Gasteiger partial charge in [-0.3, -0.25) is 0 Å². The van der Waals surface area contributed by atoms with Crippen LogP contribution in [0.1, 0.15) is 32.0 Å². The quantitative estimate of drug-likeness (QED) is 0.798. The summed E-state index contributed by atoms with van der Waals surface area (Å²) in [6.07, 6.45) is 1.93. The summed E-state index contributed by atoms with van der Waals surface area (Å²) < 4.78 is 14.5. The minimum atomic E-state index is -0.220. The van der Waals surface area contributed by atoms with Crippen molar-refractivity contribution in [3.63, 3.8) is 0 Å².